The number of nitrogens with one attached hydrogen (secondary N) is 3. The minimum absolute atomic E-state index is 0.00536. The van der Waals surface area contributed by atoms with E-state index in [9.17, 15) is 13.2 Å². The van der Waals surface area contributed by atoms with Gasteiger partial charge in [-0.1, -0.05) is 23.2 Å². The summed E-state index contributed by atoms with van der Waals surface area (Å²) >= 11 is 11.8. The summed E-state index contributed by atoms with van der Waals surface area (Å²) in [6.45, 7) is 0.136. The molecule has 3 rings (SSSR count). The summed E-state index contributed by atoms with van der Waals surface area (Å²) in [6, 6.07) is 7.42. The van der Waals surface area contributed by atoms with Gasteiger partial charge in [0, 0.05) is 5.02 Å². The molecule has 0 aliphatic rings. The molecular formula is C15H12Cl2N4O4S. The molecule has 26 heavy (non-hydrogen) atoms. The van der Waals surface area contributed by atoms with Gasteiger partial charge in [-0.25, -0.2) is 8.42 Å². The number of amides is 1. The van der Waals surface area contributed by atoms with Crippen LogP contribution in [0.1, 0.15) is 16.2 Å². The van der Waals surface area contributed by atoms with Crippen molar-refractivity contribution < 1.29 is 17.6 Å². The highest BCUT2D eigenvalue weighted by Gasteiger charge is 2.23. The molecule has 1 aromatic carbocycles. The SMILES string of the molecule is O=C(NCc1ccco1)c1[nH]ncc1NS(=O)(=O)c1cc(Cl)ccc1Cl. The maximum atomic E-state index is 12.5. The average molecular weight is 415 g/mol. The molecule has 11 heteroatoms. The van der Waals surface area contributed by atoms with E-state index in [2.05, 4.69) is 20.2 Å². The summed E-state index contributed by atoms with van der Waals surface area (Å²) in [7, 11) is -4.08. The van der Waals surface area contributed by atoms with Crippen molar-refractivity contribution in [2.75, 3.05) is 4.72 Å². The second-order valence-electron chi connectivity index (χ2n) is 5.10. The predicted octanol–water partition coefficient (Wildman–Crippen LogP) is 3.04. The van der Waals surface area contributed by atoms with E-state index in [1.54, 1.807) is 12.1 Å². The van der Waals surface area contributed by atoms with E-state index in [0.717, 1.165) is 0 Å². The average Bonchev–Trinajstić information content (AvgIpc) is 3.26. The first kappa shape index (κ1) is 18.3. The first-order chi connectivity index (χ1) is 12.4. The van der Waals surface area contributed by atoms with Crippen LogP contribution >= 0.6 is 23.2 Å². The molecule has 0 spiro atoms. The van der Waals surface area contributed by atoms with Gasteiger partial charge in [0.05, 0.1) is 29.7 Å². The van der Waals surface area contributed by atoms with Crippen molar-refractivity contribution in [2.45, 2.75) is 11.4 Å². The maximum absolute atomic E-state index is 12.5. The third kappa shape index (κ3) is 4.01. The molecule has 2 aromatic heterocycles. The van der Waals surface area contributed by atoms with E-state index < -0.39 is 15.9 Å². The summed E-state index contributed by atoms with van der Waals surface area (Å²) in [5.41, 5.74) is -0.0868. The Morgan fingerprint density at radius 3 is 2.81 bits per heavy atom. The number of furan rings is 1. The normalized spacial score (nSPS) is 11.3. The van der Waals surface area contributed by atoms with Gasteiger partial charge >= 0.3 is 0 Å². The van der Waals surface area contributed by atoms with Crippen molar-refractivity contribution in [1.82, 2.24) is 15.5 Å². The van der Waals surface area contributed by atoms with Crippen molar-refractivity contribution in [1.29, 1.82) is 0 Å². The molecule has 0 bridgehead atoms. The Balaban J connectivity index is 1.79. The maximum Gasteiger partial charge on any atom is 0.271 e. The highest BCUT2D eigenvalue weighted by molar-refractivity contribution is 7.92. The number of nitrogens with zero attached hydrogens (tertiary/aromatic N) is 1. The number of anilines is 1. The number of aromatic nitrogens is 2. The zero-order valence-corrected chi connectivity index (χ0v) is 15.3. The molecule has 1 amide bonds. The number of hydrogen-bond acceptors (Lipinski definition) is 5. The molecule has 136 valence electrons. The lowest BCUT2D eigenvalue weighted by molar-refractivity contribution is 0.0944. The van der Waals surface area contributed by atoms with Gasteiger partial charge in [0.1, 0.15) is 16.3 Å². The fourth-order valence-corrected chi connectivity index (χ4v) is 3.91. The van der Waals surface area contributed by atoms with Crippen LogP contribution in [0.15, 0.2) is 52.1 Å². The standard InChI is InChI=1S/C15H12Cl2N4O4S/c16-9-3-4-11(17)13(6-9)26(23,24)21-12-8-19-20-14(12)15(22)18-7-10-2-1-5-25-10/h1-6,8,21H,7H2,(H,18,22)(H,19,20). The van der Waals surface area contributed by atoms with E-state index in [1.165, 1.54) is 30.7 Å². The zero-order chi connectivity index (χ0) is 18.7. The molecule has 0 atom stereocenters. The summed E-state index contributed by atoms with van der Waals surface area (Å²) < 4.78 is 32.5. The molecule has 0 fully saturated rings. The fraction of sp³-hybridized carbons (Fsp3) is 0.0667. The Kier molecular flexibility index (Phi) is 5.21. The number of benzene rings is 1. The van der Waals surface area contributed by atoms with Gasteiger partial charge in [-0.15, -0.1) is 0 Å². The lowest BCUT2D eigenvalue weighted by atomic mass is 10.3. The van der Waals surface area contributed by atoms with Crippen molar-refractivity contribution in [3.05, 3.63) is 64.3 Å². The van der Waals surface area contributed by atoms with Crippen molar-refractivity contribution in [3.63, 3.8) is 0 Å². The van der Waals surface area contributed by atoms with Crippen LogP contribution in [0.25, 0.3) is 0 Å². The van der Waals surface area contributed by atoms with Gasteiger partial charge in [0.2, 0.25) is 0 Å². The number of hydrogen-bond donors (Lipinski definition) is 3. The topological polar surface area (TPSA) is 117 Å². The Labute approximate surface area is 158 Å². The third-order valence-electron chi connectivity index (χ3n) is 3.30. The van der Waals surface area contributed by atoms with Crippen LogP contribution in [-0.4, -0.2) is 24.5 Å². The number of sulfonamides is 1. The van der Waals surface area contributed by atoms with Crippen LogP contribution in [0.2, 0.25) is 10.0 Å². The first-order valence-electron chi connectivity index (χ1n) is 7.18. The van der Waals surface area contributed by atoms with Gasteiger partial charge in [-0.05, 0) is 30.3 Å². The monoisotopic (exact) mass is 414 g/mol. The smallest absolute Gasteiger partial charge is 0.271 e. The molecule has 3 N–H and O–H groups in total. The minimum atomic E-state index is -4.08. The zero-order valence-electron chi connectivity index (χ0n) is 13.0. The molecule has 8 nitrogen and oxygen atoms in total. The fourth-order valence-electron chi connectivity index (χ4n) is 2.09. The highest BCUT2D eigenvalue weighted by atomic mass is 35.5. The summed E-state index contributed by atoms with van der Waals surface area (Å²) in [6.07, 6.45) is 2.66. The Hall–Kier alpha value is -2.49. The second kappa shape index (κ2) is 7.40. The molecule has 0 radical (unpaired) electrons. The van der Waals surface area contributed by atoms with E-state index in [-0.39, 0.29) is 32.9 Å². The van der Waals surface area contributed by atoms with Crippen molar-refractivity contribution in [2.24, 2.45) is 0 Å². The van der Waals surface area contributed by atoms with Gasteiger partial charge < -0.3 is 9.73 Å². The molecule has 0 aliphatic carbocycles. The number of rotatable bonds is 6. The van der Waals surface area contributed by atoms with Crippen LogP contribution in [0.3, 0.4) is 0 Å². The molecule has 0 saturated carbocycles. The predicted molar refractivity (Wildman–Crippen MR) is 95.7 cm³/mol. The van der Waals surface area contributed by atoms with Crippen LogP contribution in [0, 0.1) is 0 Å². The lowest BCUT2D eigenvalue weighted by Gasteiger charge is -2.10. The van der Waals surface area contributed by atoms with Gasteiger partial charge in [-0.3, -0.25) is 14.6 Å². The number of aromatic amines is 1. The van der Waals surface area contributed by atoms with E-state index >= 15 is 0 Å². The van der Waals surface area contributed by atoms with Crippen molar-refractivity contribution in [3.8, 4) is 0 Å². The van der Waals surface area contributed by atoms with E-state index in [0.29, 0.717) is 5.76 Å². The molecule has 0 unspecified atom stereocenters. The molecule has 2 heterocycles. The lowest BCUT2D eigenvalue weighted by Crippen LogP contribution is -2.25. The summed E-state index contributed by atoms with van der Waals surface area (Å²) in [5, 5.41) is 8.96. The molecule has 0 saturated heterocycles. The highest BCUT2D eigenvalue weighted by Crippen LogP contribution is 2.27. The van der Waals surface area contributed by atoms with Crippen LogP contribution in [-0.2, 0) is 16.6 Å². The molecule has 0 aliphatic heterocycles. The quantitative estimate of drug-likeness (QED) is 0.572. The first-order valence-corrected chi connectivity index (χ1v) is 9.42. The molecule has 3 aromatic rings. The van der Waals surface area contributed by atoms with Crippen molar-refractivity contribution >= 4 is 44.8 Å². The minimum Gasteiger partial charge on any atom is -0.467 e. The van der Waals surface area contributed by atoms with Crippen LogP contribution < -0.4 is 10.0 Å². The Morgan fingerprint density at radius 1 is 1.27 bits per heavy atom. The Bertz CT molecular complexity index is 1030. The van der Waals surface area contributed by atoms with E-state index in [4.69, 9.17) is 27.6 Å². The second-order valence-corrected chi connectivity index (χ2v) is 7.60. The Morgan fingerprint density at radius 2 is 2.08 bits per heavy atom. The van der Waals surface area contributed by atoms with Crippen LogP contribution in [0.5, 0.6) is 0 Å². The summed E-state index contributed by atoms with van der Waals surface area (Å²) in [4.78, 5) is 12.0. The van der Waals surface area contributed by atoms with E-state index in [1.807, 2.05) is 0 Å². The molecular weight excluding hydrogens is 403 g/mol. The number of halogens is 2. The van der Waals surface area contributed by atoms with Crippen LogP contribution in [0.4, 0.5) is 5.69 Å². The number of H-pyrrole nitrogens is 1. The third-order valence-corrected chi connectivity index (χ3v) is 5.38. The summed E-state index contributed by atoms with van der Waals surface area (Å²) in [5.74, 6) is -0.0144. The van der Waals surface area contributed by atoms with Gasteiger partial charge in [-0.2, -0.15) is 5.10 Å². The number of carbonyl (C=O) groups excluding carboxylic acids is 1. The number of carbonyl (C=O) groups is 1. The van der Waals surface area contributed by atoms with Gasteiger partial charge in [0.25, 0.3) is 15.9 Å². The van der Waals surface area contributed by atoms with Gasteiger partial charge in [0.15, 0.2) is 0 Å². The largest absolute Gasteiger partial charge is 0.467 e.